The van der Waals surface area contributed by atoms with Crippen LogP contribution in [0.4, 0.5) is 16.2 Å². The molecule has 1 aromatic carbocycles. The maximum atomic E-state index is 16.3. The number of nitrogens with two attached hydrogens (primary N) is 1. The molecule has 1 fully saturated rings. The predicted molar refractivity (Wildman–Crippen MR) is 124 cm³/mol. The lowest BCUT2D eigenvalue weighted by Gasteiger charge is -2.28. The van der Waals surface area contributed by atoms with E-state index in [9.17, 15) is 5.11 Å². The highest BCUT2D eigenvalue weighted by Gasteiger charge is 2.56. The van der Waals surface area contributed by atoms with Crippen molar-refractivity contribution < 1.29 is 33.2 Å². The van der Waals surface area contributed by atoms with E-state index in [1.54, 1.807) is 19.2 Å². The normalized spacial score (nSPS) is 24.0. The molecule has 4 rings (SSSR count). The Morgan fingerprint density at radius 1 is 1.20 bits per heavy atom. The zero-order valence-corrected chi connectivity index (χ0v) is 20.1. The first-order valence-electron chi connectivity index (χ1n) is 10.8. The van der Waals surface area contributed by atoms with Gasteiger partial charge in [0.1, 0.15) is 12.2 Å². The highest BCUT2D eigenvalue weighted by Crippen LogP contribution is 2.45. The summed E-state index contributed by atoms with van der Waals surface area (Å²) in [5.74, 6) is 1.66. The molecule has 3 heterocycles. The monoisotopic (exact) mass is 492 g/mol. The van der Waals surface area contributed by atoms with Crippen LogP contribution in [0.3, 0.4) is 0 Å². The Bertz CT molecular complexity index is 1200. The van der Waals surface area contributed by atoms with Gasteiger partial charge in [-0.05, 0) is 19.1 Å². The van der Waals surface area contributed by atoms with E-state index in [2.05, 4.69) is 20.3 Å². The molecule has 1 aliphatic rings. The van der Waals surface area contributed by atoms with Gasteiger partial charge in [-0.15, -0.1) is 0 Å². The fourth-order valence-corrected chi connectivity index (χ4v) is 4.36. The minimum absolute atomic E-state index is 0.00536. The molecule has 0 spiro atoms. The first-order chi connectivity index (χ1) is 16.8. The van der Waals surface area contributed by atoms with Gasteiger partial charge in [0.15, 0.2) is 40.4 Å². The van der Waals surface area contributed by atoms with Gasteiger partial charge < -0.3 is 39.8 Å². The number of nitrogens with one attached hydrogen (secondary N) is 1. The Morgan fingerprint density at radius 2 is 1.94 bits per heavy atom. The lowest BCUT2D eigenvalue weighted by atomic mass is 9.98. The van der Waals surface area contributed by atoms with E-state index in [0.717, 1.165) is 0 Å². The zero-order valence-electron chi connectivity index (χ0n) is 20.1. The Kier molecular flexibility index (Phi) is 6.83. The third-order valence-electron chi connectivity index (χ3n) is 5.99. The van der Waals surface area contributed by atoms with Crippen LogP contribution in [-0.2, 0) is 16.1 Å². The van der Waals surface area contributed by atoms with Gasteiger partial charge in [0.05, 0.1) is 40.9 Å². The molecule has 1 saturated heterocycles. The van der Waals surface area contributed by atoms with Crippen molar-refractivity contribution in [2.75, 3.05) is 46.0 Å². The summed E-state index contributed by atoms with van der Waals surface area (Å²) in [4.78, 5) is 12.6. The lowest BCUT2D eigenvalue weighted by Crippen LogP contribution is -2.42. The van der Waals surface area contributed by atoms with Crippen LogP contribution in [0.1, 0.15) is 18.7 Å². The van der Waals surface area contributed by atoms with Crippen molar-refractivity contribution in [1.29, 1.82) is 0 Å². The SMILES string of the molecule is CNc1nc(N)nc2c1ncn2[C@@H]1O[C@H](CO)[C@@H](OCc2ccc(OC)c(OC)c2OC)[C@@]1(C)F. The number of imidazole rings is 1. The van der Waals surface area contributed by atoms with E-state index in [4.69, 9.17) is 29.4 Å². The summed E-state index contributed by atoms with van der Waals surface area (Å²) in [6.45, 7) is 0.846. The molecular formula is C22H29FN6O6. The maximum absolute atomic E-state index is 16.3. The lowest BCUT2D eigenvalue weighted by molar-refractivity contribution is -0.0679. The number of alkyl halides is 1. The minimum atomic E-state index is -2.08. The van der Waals surface area contributed by atoms with Gasteiger partial charge in [0.2, 0.25) is 11.7 Å². The molecule has 3 aromatic rings. The highest BCUT2D eigenvalue weighted by molar-refractivity contribution is 5.84. The second-order valence-electron chi connectivity index (χ2n) is 8.09. The number of fused-ring (bicyclic) bond motifs is 1. The van der Waals surface area contributed by atoms with Crippen LogP contribution in [0.2, 0.25) is 0 Å². The summed E-state index contributed by atoms with van der Waals surface area (Å²) in [5, 5.41) is 12.9. The molecule has 0 aliphatic carbocycles. The van der Waals surface area contributed by atoms with Crippen molar-refractivity contribution >= 4 is 22.9 Å². The van der Waals surface area contributed by atoms with E-state index in [0.29, 0.717) is 34.1 Å². The van der Waals surface area contributed by atoms with Crippen LogP contribution >= 0.6 is 0 Å². The molecule has 0 radical (unpaired) electrons. The number of aliphatic hydroxyl groups excluding tert-OH is 1. The molecule has 4 atom stereocenters. The Balaban J connectivity index is 1.65. The van der Waals surface area contributed by atoms with Crippen molar-refractivity contribution in [2.45, 2.75) is 37.6 Å². The fraction of sp³-hybridized carbons (Fsp3) is 0.500. The number of nitrogen functional groups attached to an aromatic ring is 1. The summed E-state index contributed by atoms with van der Waals surface area (Å²) in [5.41, 5.74) is 5.04. The van der Waals surface area contributed by atoms with Crippen molar-refractivity contribution in [3.63, 3.8) is 0 Å². The molecule has 12 nitrogen and oxygen atoms in total. The second kappa shape index (κ2) is 9.68. The zero-order chi connectivity index (χ0) is 25.3. The van der Waals surface area contributed by atoms with E-state index >= 15 is 4.39 Å². The molecule has 13 heteroatoms. The number of anilines is 2. The summed E-state index contributed by atoms with van der Waals surface area (Å²) < 4.78 is 45.8. The highest BCUT2D eigenvalue weighted by atomic mass is 19.1. The summed E-state index contributed by atoms with van der Waals surface area (Å²) in [6.07, 6.45) is -1.88. The average Bonchev–Trinajstić information content (AvgIpc) is 3.38. The summed E-state index contributed by atoms with van der Waals surface area (Å²) in [7, 11) is 6.16. The predicted octanol–water partition coefficient (Wildman–Crippen LogP) is 1.68. The molecule has 35 heavy (non-hydrogen) atoms. The van der Waals surface area contributed by atoms with Crippen LogP contribution in [-0.4, -0.2) is 77.5 Å². The van der Waals surface area contributed by atoms with E-state index in [1.165, 1.54) is 39.1 Å². The van der Waals surface area contributed by atoms with Crippen LogP contribution in [0.15, 0.2) is 18.5 Å². The van der Waals surface area contributed by atoms with Gasteiger partial charge in [-0.1, -0.05) is 0 Å². The molecular weight excluding hydrogens is 463 g/mol. The van der Waals surface area contributed by atoms with Gasteiger partial charge in [-0.3, -0.25) is 4.57 Å². The number of hydrogen-bond donors (Lipinski definition) is 3. The van der Waals surface area contributed by atoms with E-state index in [-0.39, 0.29) is 18.2 Å². The summed E-state index contributed by atoms with van der Waals surface area (Å²) in [6, 6.07) is 3.44. The second-order valence-corrected chi connectivity index (χ2v) is 8.09. The van der Waals surface area contributed by atoms with Crippen LogP contribution in [0.5, 0.6) is 17.2 Å². The van der Waals surface area contributed by atoms with Crippen molar-refractivity contribution in [1.82, 2.24) is 19.5 Å². The Hall–Kier alpha value is -3.42. The number of rotatable bonds is 9. The minimum Gasteiger partial charge on any atom is -0.493 e. The van der Waals surface area contributed by atoms with Crippen molar-refractivity contribution in [3.05, 3.63) is 24.0 Å². The molecule has 2 aromatic heterocycles. The number of nitrogens with zero attached hydrogens (tertiary/aromatic N) is 4. The van der Waals surface area contributed by atoms with Crippen molar-refractivity contribution in [3.8, 4) is 17.2 Å². The average molecular weight is 493 g/mol. The topological polar surface area (TPSA) is 148 Å². The van der Waals surface area contributed by atoms with E-state index in [1.807, 2.05) is 0 Å². The molecule has 0 saturated carbocycles. The number of aromatic nitrogens is 4. The quantitative estimate of drug-likeness (QED) is 0.401. The van der Waals surface area contributed by atoms with Gasteiger partial charge >= 0.3 is 0 Å². The number of methoxy groups -OCH3 is 3. The van der Waals surface area contributed by atoms with Gasteiger partial charge in [0.25, 0.3) is 0 Å². The first kappa shape index (κ1) is 24.7. The first-order valence-corrected chi connectivity index (χ1v) is 10.8. The molecule has 1 aliphatic heterocycles. The molecule has 190 valence electrons. The Labute approximate surface area is 201 Å². The fourth-order valence-electron chi connectivity index (χ4n) is 4.36. The third-order valence-corrected chi connectivity index (χ3v) is 5.99. The summed E-state index contributed by atoms with van der Waals surface area (Å²) >= 11 is 0. The van der Waals surface area contributed by atoms with Gasteiger partial charge in [-0.25, -0.2) is 9.37 Å². The molecule has 0 amide bonds. The number of halogens is 1. The number of aliphatic hydroxyl groups is 1. The Morgan fingerprint density at radius 3 is 2.57 bits per heavy atom. The smallest absolute Gasteiger partial charge is 0.224 e. The third kappa shape index (κ3) is 4.15. The van der Waals surface area contributed by atoms with Crippen molar-refractivity contribution in [2.24, 2.45) is 0 Å². The van der Waals surface area contributed by atoms with Crippen LogP contribution in [0.25, 0.3) is 11.2 Å². The number of benzene rings is 1. The standard InChI is InChI=1S/C22H29FN6O6/c1-22(23)17(34-9-11-6-7-12(31-3)16(33-5)15(11)32-4)13(8-30)35-20(22)29-10-26-14-18(25-2)27-21(24)28-19(14)29/h6-7,10,13,17,20,30H,8-9H2,1-5H3,(H3,24,25,27,28)/t13-,17-,20-,22-/m1/s1. The molecule has 0 bridgehead atoms. The molecule has 0 unspecified atom stereocenters. The van der Waals surface area contributed by atoms with Crippen LogP contribution in [0, 0.1) is 0 Å². The maximum Gasteiger partial charge on any atom is 0.224 e. The van der Waals surface area contributed by atoms with Gasteiger partial charge in [0, 0.05) is 12.6 Å². The van der Waals surface area contributed by atoms with E-state index < -0.39 is 30.7 Å². The van der Waals surface area contributed by atoms with Crippen LogP contribution < -0.4 is 25.3 Å². The number of hydrogen-bond acceptors (Lipinski definition) is 11. The molecule has 4 N–H and O–H groups in total. The largest absolute Gasteiger partial charge is 0.493 e. The van der Waals surface area contributed by atoms with Gasteiger partial charge in [-0.2, -0.15) is 9.97 Å². The number of ether oxygens (including phenoxy) is 5.